The second-order valence-electron chi connectivity index (χ2n) is 9.38. The van der Waals surface area contributed by atoms with Gasteiger partial charge in [0.05, 0.1) is 5.02 Å². The first-order valence-corrected chi connectivity index (χ1v) is 14.7. The fourth-order valence-electron chi connectivity index (χ4n) is 4.32. The molecule has 4 aromatic rings. The molecular weight excluding hydrogens is 551 g/mol. The number of pyridine rings is 1. The van der Waals surface area contributed by atoms with Crippen molar-refractivity contribution in [2.24, 2.45) is 0 Å². The summed E-state index contributed by atoms with van der Waals surface area (Å²) >= 11 is 7.72. The summed E-state index contributed by atoms with van der Waals surface area (Å²) in [4.78, 5) is 29.5. The van der Waals surface area contributed by atoms with E-state index in [-0.39, 0.29) is 18.9 Å². The number of hydrogen-bond donors (Lipinski definition) is 2. The molecule has 0 saturated heterocycles. The zero-order valence-electron chi connectivity index (χ0n) is 22.4. The van der Waals surface area contributed by atoms with Crippen LogP contribution in [0.4, 0.5) is 0 Å². The number of carbonyl (C=O) groups is 2. The van der Waals surface area contributed by atoms with E-state index in [2.05, 4.69) is 10.3 Å². The van der Waals surface area contributed by atoms with E-state index in [9.17, 15) is 14.7 Å². The molecule has 1 amide bonds. The fraction of sp³-hybridized carbons (Fsp3) is 0.219. The third-order valence-electron chi connectivity index (χ3n) is 6.53. The molecule has 6 nitrogen and oxygen atoms in total. The van der Waals surface area contributed by atoms with E-state index < -0.39 is 17.9 Å². The average Bonchev–Trinajstić information content (AvgIpc) is 2.96. The Hall–Kier alpha value is -3.21. The molecule has 0 saturated carbocycles. The molecule has 2 N–H and O–H groups in total. The van der Waals surface area contributed by atoms with Gasteiger partial charge in [0, 0.05) is 17.8 Å². The van der Waals surface area contributed by atoms with Crippen LogP contribution >= 0.6 is 23.4 Å². The fourth-order valence-corrected chi connectivity index (χ4v) is 4.97. The van der Waals surface area contributed by atoms with E-state index in [0.29, 0.717) is 34.4 Å². The number of aromatic nitrogens is 1. The van der Waals surface area contributed by atoms with Crippen LogP contribution in [0.15, 0.2) is 85.1 Å². The Morgan fingerprint density at radius 3 is 2.37 bits per heavy atom. The van der Waals surface area contributed by atoms with Crippen molar-refractivity contribution in [3.05, 3.63) is 112 Å². The van der Waals surface area contributed by atoms with Gasteiger partial charge in [0.1, 0.15) is 11.8 Å². The number of ether oxygens (including phenoxy) is 1. The molecule has 0 aliphatic heterocycles. The molecule has 0 spiro atoms. The number of thioether (sulfide) groups is 1. The van der Waals surface area contributed by atoms with E-state index in [0.717, 1.165) is 40.7 Å². The molecule has 3 aromatic carbocycles. The first kappa shape index (κ1) is 32.3. The molecule has 1 atom stereocenters. The molecule has 41 heavy (non-hydrogen) atoms. The monoisotopic (exact) mass is 582 g/mol. The molecular formula is C32H32ClLiN2O4S. The van der Waals surface area contributed by atoms with Gasteiger partial charge in [0.25, 0.3) is 5.91 Å². The third-order valence-corrected chi connectivity index (χ3v) is 7.49. The van der Waals surface area contributed by atoms with E-state index in [4.69, 9.17) is 16.3 Å². The predicted molar refractivity (Wildman–Crippen MR) is 169 cm³/mol. The number of aliphatic carboxylic acids is 1. The Kier molecular flexibility index (Phi) is 12.4. The van der Waals surface area contributed by atoms with Crippen LogP contribution in [0, 0.1) is 6.92 Å². The summed E-state index contributed by atoms with van der Waals surface area (Å²) < 4.78 is 5.78. The SMILES string of the molecule is CSCC[C@H](NC(=O)c1ccc(CCc2ccc(Oc3ccccc3Cl)nc2)cc1-c1ccccc1C)C(=O)O.[LiH]. The first-order valence-electron chi connectivity index (χ1n) is 12.9. The first-order chi connectivity index (χ1) is 19.4. The van der Waals surface area contributed by atoms with Crippen LogP contribution in [-0.2, 0) is 17.6 Å². The number of aryl methyl sites for hydroxylation is 3. The number of hydrogen-bond acceptors (Lipinski definition) is 5. The average molecular weight is 583 g/mol. The molecule has 0 aliphatic carbocycles. The van der Waals surface area contributed by atoms with Crippen molar-refractivity contribution >= 4 is 54.1 Å². The minimum atomic E-state index is -1.03. The Morgan fingerprint density at radius 1 is 0.976 bits per heavy atom. The number of rotatable bonds is 12. The maximum atomic E-state index is 13.3. The number of carboxylic acid groups (broad SMARTS) is 1. The zero-order valence-corrected chi connectivity index (χ0v) is 24.0. The molecule has 0 unspecified atom stereocenters. The van der Waals surface area contributed by atoms with Crippen LogP contribution in [0.3, 0.4) is 0 Å². The number of nitrogens with one attached hydrogen (secondary N) is 1. The van der Waals surface area contributed by atoms with Gasteiger partial charge in [-0.3, -0.25) is 4.79 Å². The molecule has 0 fully saturated rings. The molecule has 1 aromatic heterocycles. The van der Waals surface area contributed by atoms with Crippen molar-refractivity contribution in [1.29, 1.82) is 0 Å². The number of para-hydroxylation sites is 1. The van der Waals surface area contributed by atoms with Crippen LogP contribution in [0.25, 0.3) is 11.1 Å². The van der Waals surface area contributed by atoms with Gasteiger partial charge in [-0.05, 0) is 84.2 Å². The Balaban J connectivity index is 0.00000462. The predicted octanol–water partition coefficient (Wildman–Crippen LogP) is 6.58. The molecule has 4 rings (SSSR count). The second-order valence-corrected chi connectivity index (χ2v) is 10.8. The third kappa shape index (κ3) is 8.88. The van der Waals surface area contributed by atoms with Crippen molar-refractivity contribution < 1.29 is 19.4 Å². The summed E-state index contributed by atoms with van der Waals surface area (Å²) in [6.07, 6.45) is 5.54. The summed E-state index contributed by atoms with van der Waals surface area (Å²) in [5, 5.41) is 12.9. The minimum absolute atomic E-state index is 0. The van der Waals surface area contributed by atoms with Gasteiger partial charge < -0.3 is 15.2 Å². The number of carboxylic acids is 1. The van der Waals surface area contributed by atoms with Crippen LogP contribution in [0.2, 0.25) is 5.02 Å². The van der Waals surface area contributed by atoms with Crippen molar-refractivity contribution in [1.82, 2.24) is 10.3 Å². The van der Waals surface area contributed by atoms with Crippen molar-refractivity contribution in [3.63, 3.8) is 0 Å². The molecule has 0 aliphatic rings. The molecule has 9 heteroatoms. The van der Waals surface area contributed by atoms with Crippen LogP contribution < -0.4 is 10.1 Å². The van der Waals surface area contributed by atoms with Gasteiger partial charge in [-0.1, -0.05) is 66.2 Å². The number of benzene rings is 3. The van der Waals surface area contributed by atoms with Crippen molar-refractivity contribution in [2.75, 3.05) is 12.0 Å². The quantitative estimate of drug-likeness (QED) is 0.184. The van der Waals surface area contributed by atoms with E-state index in [1.54, 1.807) is 36.2 Å². The molecule has 208 valence electrons. The van der Waals surface area contributed by atoms with E-state index in [1.165, 1.54) is 0 Å². The Labute approximate surface area is 262 Å². The second kappa shape index (κ2) is 15.7. The summed E-state index contributed by atoms with van der Waals surface area (Å²) in [6.45, 7) is 2.00. The van der Waals surface area contributed by atoms with Crippen LogP contribution in [-0.4, -0.2) is 58.9 Å². The van der Waals surface area contributed by atoms with Gasteiger partial charge in [-0.15, -0.1) is 0 Å². The van der Waals surface area contributed by atoms with Gasteiger partial charge in [-0.25, -0.2) is 9.78 Å². The standard InChI is InChI=1S/C32H31ClN2O4S.Li.H/c1-21-7-3-4-8-24(21)26-19-22(13-15-25(26)31(36)35-28(32(37)38)17-18-40-2)11-12-23-14-16-30(34-20-23)39-29-10-6-5-9-27(29)33;;/h3-10,13-16,19-20,28H,11-12,17-18H2,1-2H3,(H,35,36)(H,37,38);;/t28-;;/m0../s1. The Morgan fingerprint density at radius 2 is 1.68 bits per heavy atom. The van der Waals surface area contributed by atoms with Crippen molar-refractivity contribution in [3.8, 4) is 22.8 Å². The van der Waals surface area contributed by atoms with Crippen molar-refractivity contribution in [2.45, 2.75) is 32.2 Å². The summed E-state index contributed by atoms with van der Waals surface area (Å²) in [5.74, 6) is 0.232. The molecule has 0 radical (unpaired) electrons. The van der Waals surface area contributed by atoms with E-state index in [1.807, 2.05) is 73.8 Å². The number of carbonyl (C=O) groups excluding carboxylic acids is 1. The topological polar surface area (TPSA) is 88.5 Å². The molecule has 1 heterocycles. The van der Waals surface area contributed by atoms with Gasteiger partial charge in [0.2, 0.25) is 5.88 Å². The van der Waals surface area contributed by atoms with Crippen LogP contribution in [0.1, 0.15) is 33.5 Å². The number of amides is 1. The summed E-state index contributed by atoms with van der Waals surface area (Å²) in [5.41, 5.74) is 5.31. The van der Waals surface area contributed by atoms with Gasteiger partial charge in [0.15, 0.2) is 0 Å². The number of nitrogens with zero attached hydrogens (tertiary/aromatic N) is 1. The maximum absolute atomic E-state index is 13.3. The normalized spacial score (nSPS) is 11.3. The van der Waals surface area contributed by atoms with E-state index >= 15 is 0 Å². The zero-order chi connectivity index (χ0) is 28.5. The van der Waals surface area contributed by atoms with Gasteiger partial charge >= 0.3 is 24.8 Å². The molecule has 0 bridgehead atoms. The number of halogens is 1. The Bertz CT molecular complexity index is 1480. The summed E-state index contributed by atoms with van der Waals surface area (Å²) in [7, 11) is 0. The summed E-state index contributed by atoms with van der Waals surface area (Å²) in [6, 6.07) is 23.7. The van der Waals surface area contributed by atoms with Crippen LogP contribution in [0.5, 0.6) is 11.6 Å². The van der Waals surface area contributed by atoms with Gasteiger partial charge in [-0.2, -0.15) is 11.8 Å².